The minimum Gasteiger partial charge on any atom is -0.335 e. The normalized spacial score (nSPS) is 18.5. The minimum atomic E-state index is -3.48. The maximum atomic E-state index is 12.4. The lowest BCUT2D eigenvalue weighted by Crippen LogP contribution is -2.44. The van der Waals surface area contributed by atoms with E-state index >= 15 is 0 Å². The van der Waals surface area contributed by atoms with Crippen LogP contribution in [0, 0.1) is 0 Å². The van der Waals surface area contributed by atoms with Crippen molar-refractivity contribution in [1.29, 1.82) is 0 Å². The predicted octanol–water partition coefficient (Wildman–Crippen LogP) is 1.73. The van der Waals surface area contributed by atoms with Crippen LogP contribution in [0.15, 0.2) is 28.3 Å². The average Bonchev–Trinajstić information content (AvgIpc) is 3.34. The van der Waals surface area contributed by atoms with E-state index in [1.165, 1.54) is 16.6 Å². The lowest BCUT2D eigenvalue weighted by molar-refractivity contribution is -0.117. The highest BCUT2D eigenvalue weighted by molar-refractivity contribution is 7.99. The van der Waals surface area contributed by atoms with Crippen molar-refractivity contribution in [2.45, 2.75) is 54.5 Å². The summed E-state index contributed by atoms with van der Waals surface area (Å²) < 4.78 is 26.4. The SMILES string of the molecule is O=C(CSc1ccc(S(=O)(=O)N2CCCC2)cn1)NC(=O)NC1CCCC1. The van der Waals surface area contributed by atoms with E-state index in [1.807, 2.05) is 0 Å². The summed E-state index contributed by atoms with van der Waals surface area (Å²) in [5.41, 5.74) is 0. The van der Waals surface area contributed by atoms with E-state index in [0.29, 0.717) is 18.1 Å². The standard InChI is InChI=1S/C17H24N4O4S2/c22-15(20-17(23)19-13-5-1-2-6-13)12-26-16-8-7-14(11-18-16)27(24,25)21-9-3-4-10-21/h7-8,11,13H,1-6,9-10,12H2,(H2,19,20,22,23). The Morgan fingerprint density at radius 3 is 2.48 bits per heavy atom. The number of carbonyl (C=O) groups excluding carboxylic acids is 2. The van der Waals surface area contributed by atoms with Gasteiger partial charge in [0, 0.05) is 25.3 Å². The van der Waals surface area contributed by atoms with Gasteiger partial charge in [0.05, 0.1) is 10.8 Å². The Kier molecular flexibility index (Phi) is 6.72. The Hall–Kier alpha value is -1.65. The smallest absolute Gasteiger partial charge is 0.321 e. The highest BCUT2D eigenvalue weighted by Gasteiger charge is 2.27. The van der Waals surface area contributed by atoms with E-state index in [9.17, 15) is 18.0 Å². The number of hydrogen-bond donors (Lipinski definition) is 2. The second kappa shape index (κ2) is 9.03. The maximum Gasteiger partial charge on any atom is 0.321 e. The van der Waals surface area contributed by atoms with Crippen LogP contribution in [0.2, 0.25) is 0 Å². The van der Waals surface area contributed by atoms with Crippen LogP contribution in [0.4, 0.5) is 4.79 Å². The molecular formula is C17H24N4O4S2. The lowest BCUT2D eigenvalue weighted by atomic mass is 10.2. The van der Waals surface area contributed by atoms with Crippen molar-refractivity contribution >= 4 is 33.7 Å². The first-order chi connectivity index (χ1) is 12.9. The number of nitrogens with zero attached hydrogens (tertiary/aromatic N) is 2. The molecular weight excluding hydrogens is 388 g/mol. The molecule has 1 aliphatic carbocycles. The summed E-state index contributed by atoms with van der Waals surface area (Å²) in [5, 5.41) is 5.63. The molecule has 10 heteroatoms. The summed E-state index contributed by atoms with van der Waals surface area (Å²) in [4.78, 5) is 27.9. The van der Waals surface area contributed by atoms with Crippen LogP contribution in [-0.2, 0) is 14.8 Å². The fourth-order valence-corrected chi connectivity index (χ4v) is 5.38. The molecule has 0 spiro atoms. The molecule has 2 N–H and O–H groups in total. The van der Waals surface area contributed by atoms with E-state index in [4.69, 9.17) is 0 Å². The van der Waals surface area contributed by atoms with Gasteiger partial charge in [-0.25, -0.2) is 18.2 Å². The van der Waals surface area contributed by atoms with E-state index < -0.39 is 22.0 Å². The summed E-state index contributed by atoms with van der Waals surface area (Å²) in [6.07, 6.45) is 7.18. The monoisotopic (exact) mass is 412 g/mol. The Balaban J connectivity index is 1.46. The molecule has 8 nitrogen and oxygen atoms in total. The van der Waals surface area contributed by atoms with Crippen molar-refractivity contribution in [1.82, 2.24) is 19.9 Å². The first-order valence-corrected chi connectivity index (χ1v) is 11.6. The third kappa shape index (κ3) is 5.43. The fourth-order valence-electron chi connectivity index (χ4n) is 3.28. The summed E-state index contributed by atoms with van der Waals surface area (Å²) in [6.45, 7) is 1.09. The van der Waals surface area contributed by atoms with Gasteiger partial charge in [-0.15, -0.1) is 0 Å². The molecule has 3 rings (SSSR count). The molecule has 2 fully saturated rings. The number of aromatic nitrogens is 1. The van der Waals surface area contributed by atoms with Gasteiger partial charge in [-0.1, -0.05) is 24.6 Å². The quantitative estimate of drug-likeness (QED) is 0.689. The Bertz CT molecular complexity index is 771. The van der Waals surface area contributed by atoms with Gasteiger partial charge in [0.15, 0.2) is 0 Å². The number of nitrogens with one attached hydrogen (secondary N) is 2. The molecule has 0 aromatic carbocycles. The van der Waals surface area contributed by atoms with Crippen LogP contribution in [-0.4, -0.2) is 54.5 Å². The molecule has 1 saturated heterocycles. The van der Waals surface area contributed by atoms with Gasteiger partial charge in [-0.2, -0.15) is 4.31 Å². The zero-order valence-corrected chi connectivity index (χ0v) is 16.7. The maximum absolute atomic E-state index is 12.4. The van der Waals surface area contributed by atoms with Crippen LogP contribution >= 0.6 is 11.8 Å². The van der Waals surface area contributed by atoms with Gasteiger partial charge in [0.25, 0.3) is 0 Å². The summed E-state index contributed by atoms with van der Waals surface area (Å²) in [5.74, 6) is -0.380. The molecule has 27 heavy (non-hydrogen) atoms. The third-order valence-electron chi connectivity index (χ3n) is 4.71. The Labute approximate surface area is 163 Å². The second-order valence-electron chi connectivity index (χ2n) is 6.74. The van der Waals surface area contributed by atoms with Gasteiger partial charge < -0.3 is 5.32 Å². The molecule has 1 aromatic heterocycles. The number of thioether (sulfide) groups is 1. The number of urea groups is 1. The largest absolute Gasteiger partial charge is 0.335 e. The molecule has 0 radical (unpaired) electrons. The predicted molar refractivity (Wildman–Crippen MR) is 102 cm³/mol. The van der Waals surface area contributed by atoms with Crippen LogP contribution in [0.1, 0.15) is 38.5 Å². The Morgan fingerprint density at radius 2 is 1.85 bits per heavy atom. The molecule has 1 aromatic rings. The summed E-state index contributed by atoms with van der Waals surface area (Å²) >= 11 is 1.15. The topological polar surface area (TPSA) is 108 Å². The molecule has 0 bridgehead atoms. The van der Waals surface area contributed by atoms with Gasteiger partial charge >= 0.3 is 6.03 Å². The van der Waals surface area contributed by atoms with Gasteiger partial charge in [-0.05, 0) is 37.8 Å². The summed E-state index contributed by atoms with van der Waals surface area (Å²) in [6, 6.07) is 2.78. The highest BCUT2D eigenvalue weighted by atomic mass is 32.2. The van der Waals surface area contributed by atoms with E-state index in [-0.39, 0.29) is 16.7 Å². The Morgan fingerprint density at radius 1 is 1.15 bits per heavy atom. The molecule has 1 aliphatic heterocycles. The van der Waals surface area contributed by atoms with Crippen molar-refractivity contribution in [2.24, 2.45) is 0 Å². The number of hydrogen-bond acceptors (Lipinski definition) is 6. The van der Waals surface area contributed by atoms with Crippen molar-refractivity contribution in [3.05, 3.63) is 18.3 Å². The first kappa shape index (κ1) is 20.1. The van der Waals surface area contributed by atoms with E-state index in [1.54, 1.807) is 6.07 Å². The number of imide groups is 1. The van der Waals surface area contributed by atoms with E-state index in [2.05, 4.69) is 15.6 Å². The van der Waals surface area contributed by atoms with Crippen LogP contribution in [0.25, 0.3) is 0 Å². The van der Waals surface area contributed by atoms with Gasteiger partial charge in [-0.3, -0.25) is 10.1 Å². The van der Waals surface area contributed by atoms with Crippen molar-refractivity contribution in [2.75, 3.05) is 18.8 Å². The van der Waals surface area contributed by atoms with Crippen LogP contribution in [0.3, 0.4) is 0 Å². The molecule has 0 atom stereocenters. The molecule has 3 amide bonds. The number of pyridine rings is 1. The lowest BCUT2D eigenvalue weighted by Gasteiger charge is -2.15. The number of rotatable bonds is 6. The molecule has 2 heterocycles. The van der Waals surface area contributed by atoms with Gasteiger partial charge in [0.1, 0.15) is 4.90 Å². The van der Waals surface area contributed by atoms with Gasteiger partial charge in [0.2, 0.25) is 15.9 Å². The summed E-state index contributed by atoms with van der Waals surface area (Å²) in [7, 11) is -3.48. The molecule has 0 unspecified atom stereocenters. The van der Waals surface area contributed by atoms with Crippen LogP contribution in [0.5, 0.6) is 0 Å². The molecule has 1 saturated carbocycles. The first-order valence-electron chi connectivity index (χ1n) is 9.14. The second-order valence-corrected chi connectivity index (χ2v) is 9.67. The van der Waals surface area contributed by atoms with Crippen molar-refractivity contribution in [3.8, 4) is 0 Å². The average molecular weight is 413 g/mol. The van der Waals surface area contributed by atoms with Crippen molar-refractivity contribution < 1.29 is 18.0 Å². The number of carbonyl (C=O) groups is 2. The third-order valence-corrected chi connectivity index (χ3v) is 7.53. The zero-order valence-electron chi connectivity index (χ0n) is 15.0. The molecule has 2 aliphatic rings. The van der Waals surface area contributed by atoms with Crippen LogP contribution < -0.4 is 10.6 Å². The fraction of sp³-hybridized carbons (Fsp3) is 0.588. The highest BCUT2D eigenvalue weighted by Crippen LogP contribution is 2.22. The minimum absolute atomic E-state index is 0.0311. The number of sulfonamides is 1. The zero-order chi connectivity index (χ0) is 19.3. The van der Waals surface area contributed by atoms with E-state index in [0.717, 1.165) is 50.3 Å². The molecule has 148 valence electrons. The number of amides is 3. The van der Waals surface area contributed by atoms with Crippen molar-refractivity contribution in [3.63, 3.8) is 0 Å².